The van der Waals surface area contributed by atoms with Gasteiger partial charge in [0.15, 0.2) is 18.2 Å². The second kappa shape index (κ2) is 10.2. The van der Waals surface area contributed by atoms with Crippen LogP contribution in [0.5, 0.6) is 5.75 Å². The second-order valence-corrected chi connectivity index (χ2v) is 8.63. The van der Waals surface area contributed by atoms with Crippen LogP contribution in [-0.4, -0.2) is 35.2 Å². The van der Waals surface area contributed by atoms with Gasteiger partial charge in [0, 0.05) is 16.6 Å². The van der Waals surface area contributed by atoms with Crippen LogP contribution in [0.25, 0.3) is 0 Å². The van der Waals surface area contributed by atoms with Crippen molar-refractivity contribution in [1.82, 2.24) is 4.90 Å². The number of amides is 1. The van der Waals surface area contributed by atoms with Crippen molar-refractivity contribution in [3.05, 3.63) is 99.0 Å². The molecule has 176 valence electrons. The molecule has 0 saturated heterocycles. The van der Waals surface area contributed by atoms with Crippen molar-refractivity contribution in [3.8, 4) is 5.75 Å². The number of ether oxygens (including phenoxy) is 2. The third-order valence-corrected chi connectivity index (χ3v) is 5.96. The average molecular weight is 532 g/mol. The van der Waals surface area contributed by atoms with E-state index in [0.717, 1.165) is 17.7 Å². The maximum absolute atomic E-state index is 14.3. The van der Waals surface area contributed by atoms with E-state index in [2.05, 4.69) is 15.9 Å². The lowest BCUT2D eigenvalue weighted by Gasteiger charge is -2.37. The van der Waals surface area contributed by atoms with E-state index < -0.39 is 36.3 Å². The number of rotatable bonds is 6. The summed E-state index contributed by atoms with van der Waals surface area (Å²) in [7, 11) is 0. The molecule has 0 spiro atoms. The Morgan fingerprint density at radius 1 is 1.03 bits per heavy atom. The number of carboxylic acids is 1. The third kappa shape index (κ3) is 5.20. The van der Waals surface area contributed by atoms with Gasteiger partial charge in [-0.1, -0.05) is 46.3 Å². The van der Waals surface area contributed by atoms with Crippen molar-refractivity contribution < 1.29 is 33.0 Å². The normalized spacial score (nSPS) is 14.9. The van der Waals surface area contributed by atoms with E-state index in [9.17, 15) is 18.4 Å². The number of nitrogens with zero attached hydrogens (tertiary/aromatic N) is 1. The van der Waals surface area contributed by atoms with Crippen molar-refractivity contribution in [3.63, 3.8) is 0 Å². The highest BCUT2D eigenvalue weighted by atomic mass is 79.9. The first-order valence-corrected chi connectivity index (χ1v) is 11.2. The highest BCUT2D eigenvalue weighted by molar-refractivity contribution is 9.10. The molecule has 0 aromatic heterocycles. The molecular formula is C25H20BrF2NO5. The Morgan fingerprint density at radius 3 is 2.50 bits per heavy atom. The molecule has 0 radical (unpaired) electrons. The summed E-state index contributed by atoms with van der Waals surface area (Å²) in [6.07, 6.45) is -0.351. The molecule has 1 atom stereocenters. The number of carbonyl (C=O) groups is 2. The molecule has 0 aliphatic carbocycles. The number of hydrogen-bond donors (Lipinski definition) is 1. The third-order valence-electron chi connectivity index (χ3n) is 5.47. The number of carboxylic acid groups (broad SMARTS) is 1. The van der Waals surface area contributed by atoms with Gasteiger partial charge in [-0.3, -0.25) is 4.90 Å². The molecule has 1 aliphatic rings. The van der Waals surface area contributed by atoms with Crippen LogP contribution in [0.2, 0.25) is 0 Å². The van der Waals surface area contributed by atoms with Crippen molar-refractivity contribution in [2.75, 3.05) is 13.2 Å². The van der Waals surface area contributed by atoms with Crippen LogP contribution in [0.1, 0.15) is 28.3 Å². The first-order chi connectivity index (χ1) is 16.3. The fourth-order valence-corrected chi connectivity index (χ4v) is 4.33. The smallest absolute Gasteiger partial charge is 0.410 e. The summed E-state index contributed by atoms with van der Waals surface area (Å²) >= 11 is 3.39. The van der Waals surface area contributed by atoms with Gasteiger partial charge in [-0.15, -0.1) is 0 Å². The number of halogens is 3. The molecule has 1 amide bonds. The lowest BCUT2D eigenvalue weighted by molar-refractivity contribution is -0.139. The van der Waals surface area contributed by atoms with Crippen LogP contribution in [0.3, 0.4) is 0 Å². The highest BCUT2D eigenvalue weighted by Crippen LogP contribution is 2.41. The summed E-state index contributed by atoms with van der Waals surface area (Å²) in [5.74, 6) is -3.00. The van der Waals surface area contributed by atoms with E-state index in [0.29, 0.717) is 27.6 Å². The molecule has 1 aliphatic heterocycles. The van der Waals surface area contributed by atoms with E-state index >= 15 is 0 Å². The molecule has 9 heteroatoms. The molecule has 3 aromatic carbocycles. The van der Waals surface area contributed by atoms with Crippen molar-refractivity contribution in [2.45, 2.75) is 19.1 Å². The monoisotopic (exact) mass is 531 g/mol. The van der Waals surface area contributed by atoms with Gasteiger partial charge in [-0.05, 0) is 53.4 Å². The fourth-order valence-electron chi connectivity index (χ4n) is 3.95. The number of aliphatic carboxylic acids is 1. The minimum atomic E-state index is -1.18. The van der Waals surface area contributed by atoms with Crippen LogP contribution in [0, 0.1) is 11.6 Å². The predicted octanol–water partition coefficient (Wildman–Crippen LogP) is 5.48. The molecule has 1 heterocycles. The maximum Gasteiger partial charge on any atom is 0.410 e. The first kappa shape index (κ1) is 23.7. The van der Waals surface area contributed by atoms with Gasteiger partial charge in [-0.25, -0.2) is 18.4 Å². The Balaban J connectivity index is 1.75. The van der Waals surface area contributed by atoms with Gasteiger partial charge < -0.3 is 14.6 Å². The molecule has 1 N–H and O–H groups in total. The predicted molar refractivity (Wildman–Crippen MR) is 123 cm³/mol. The molecule has 3 aromatic rings. The van der Waals surface area contributed by atoms with E-state index in [-0.39, 0.29) is 18.9 Å². The Bertz CT molecular complexity index is 1220. The fraction of sp³-hybridized carbons (Fsp3) is 0.200. The number of carbonyl (C=O) groups excluding carboxylic acids is 1. The lowest BCUT2D eigenvalue weighted by Crippen LogP contribution is -2.41. The van der Waals surface area contributed by atoms with Crippen molar-refractivity contribution in [2.24, 2.45) is 0 Å². The van der Waals surface area contributed by atoms with Gasteiger partial charge >= 0.3 is 12.1 Å². The Labute approximate surface area is 202 Å². The number of benzene rings is 3. The Hall–Kier alpha value is -3.46. The minimum absolute atomic E-state index is 0.0361. The molecule has 0 fully saturated rings. The standard InChI is InChI=1S/C25H20BrF2NO5/c26-17-6-7-22(33-14-23(30)31)19(11-17)24-18-12-21(28)20(27)10-16(18)8-9-29(24)25(32)34-13-15-4-2-1-3-5-15/h1-7,10-12,24H,8-9,13-14H2,(H,30,31). The number of fused-ring (bicyclic) bond motifs is 1. The summed E-state index contributed by atoms with van der Waals surface area (Å²) in [4.78, 5) is 25.7. The molecule has 34 heavy (non-hydrogen) atoms. The largest absolute Gasteiger partial charge is 0.482 e. The quantitative estimate of drug-likeness (QED) is 0.456. The maximum atomic E-state index is 14.3. The zero-order valence-electron chi connectivity index (χ0n) is 17.8. The van der Waals surface area contributed by atoms with Crippen LogP contribution in [0.4, 0.5) is 13.6 Å². The summed E-state index contributed by atoms with van der Waals surface area (Å²) in [6.45, 7) is -0.389. The van der Waals surface area contributed by atoms with Gasteiger partial charge in [0.05, 0.1) is 6.04 Å². The number of hydrogen-bond acceptors (Lipinski definition) is 4. The molecule has 6 nitrogen and oxygen atoms in total. The Kier molecular flexibility index (Phi) is 7.12. The van der Waals surface area contributed by atoms with Gasteiger partial charge in [0.1, 0.15) is 12.4 Å². The summed E-state index contributed by atoms with van der Waals surface area (Å²) < 4.78 is 39.9. The van der Waals surface area contributed by atoms with Crippen LogP contribution >= 0.6 is 15.9 Å². The zero-order chi connectivity index (χ0) is 24.2. The lowest BCUT2D eigenvalue weighted by atomic mass is 9.87. The van der Waals surface area contributed by atoms with Gasteiger partial charge in [-0.2, -0.15) is 0 Å². The minimum Gasteiger partial charge on any atom is -0.482 e. The van der Waals surface area contributed by atoms with E-state index in [1.165, 1.54) is 4.90 Å². The summed E-state index contributed by atoms with van der Waals surface area (Å²) in [5, 5.41) is 9.06. The Morgan fingerprint density at radius 2 is 1.76 bits per heavy atom. The first-order valence-electron chi connectivity index (χ1n) is 10.4. The van der Waals surface area contributed by atoms with E-state index in [1.807, 2.05) is 30.3 Å². The molecular weight excluding hydrogens is 512 g/mol. The van der Waals surface area contributed by atoms with E-state index in [1.54, 1.807) is 18.2 Å². The SMILES string of the molecule is O=C(O)COc1ccc(Br)cc1C1c2cc(F)c(F)cc2CCN1C(=O)OCc1ccccc1. The molecule has 4 rings (SSSR count). The molecule has 0 saturated carbocycles. The van der Waals surface area contributed by atoms with Gasteiger partial charge in [0.2, 0.25) is 0 Å². The molecule has 1 unspecified atom stereocenters. The van der Waals surface area contributed by atoms with Crippen LogP contribution in [0.15, 0.2) is 65.1 Å². The van der Waals surface area contributed by atoms with Crippen LogP contribution < -0.4 is 4.74 Å². The highest BCUT2D eigenvalue weighted by Gasteiger charge is 2.36. The molecule has 0 bridgehead atoms. The zero-order valence-corrected chi connectivity index (χ0v) is 19.4. The second-order valence-electron chi connectivity index (χ2n) is 7.72. The average Bonchev–Trinajstić information content (AvgIpc) is 2.82. The summed E-state index contributed by atoms with van der Waals surface area (Å²) in [6, 6.07) is 15.3. The van der Waals surface area contributed by atoms with Crippen molar-refractivity contribution in [1.29, 1.82) is 0 Å². The summed E-state index contributed by atoms with van der Waals surface area (Å²) in [5.41, 5.74) is 2.13. The van der Waals surface area contributed by atoms with Gasteiger partial charge in [0.25, 0.3) is 0 Å². The van der Waals surface area contributed by atoms with E-state index in [4.69, 9.17) is 14.6 Å². The van der Waals surface area contributed by atoms with Crippen LogP contribution in [-0.2, 0) is 22.6 Å². The van der Waals surface area contributed by atoms with Crippen molar-refractivity contribution >= 4 is 28.0 Å². The topological polar surface area (TPSA) is 76.1 Å².